The predicted molar refractivity (Wildman–Crippen MR) is 50.3 cm³/mol. The number of phenolic OH excluding ortho intramolecular Hbond substituents is 1. The van der Waals surface area contributed by atoms with E-state index in [9.17, 15) is 5.11 Å². The molecule has 1 unspecified atom stereocenters. The Morgan fingerprint density at radius 1 is 1.62 bits per heavy atom. The standard InChI is InChI=1S/C10H13NO2/c1-11-5-7-6-13-9-4-2-3-8(12)10(7)9/h2-4,7,11-12H,5-6H2,1H3. The van der Waals surface area contributed by atoms with Gasteiger partial charge in [-0.2, -0.15) is 0 Å². The molecule has 0 aromatic heterocycles. The van der Waals surface area contributed by atoms with Gasteiger partial charge in [0.25, 0.3) is 0 Å². The Bertz CT molecular complexity index is 310. The summed E-state index contributed by atoms with van der Waals surface area (Å²) in [4.78, 5) is 0. The van der Waals surface area contributed by atoms with E-state index in [1.165, 1.54) is 0 Å². The second-order valence-electron chi connectivity index (χ2n) is 3.25. The predicted octanol–water partition coefficient (Wildman–Crippen LogP) is 1.09. The van der Waals surface area contributed by atoms with Crippen LogP contribution in [-0.4, -0.2) is 25.3 Å². The fraction of sp³-hybridized carbons (Fsp3) is 0.400. The summed E-state index contributed by atoms with van der Waals surface area (Å²) < 4.78 is 5.44. The number of rotatable bonds is 2. The highest BCUT2D eigenvalue weighted by molar-refractivity contribution is 5.49. The van der Waals surface area contributed by atoms with E-state index < -0.39 is 0 Å². The van der Waals surface area contributed by atoms with Crippen LogP contribution in [0.2, 0.25) is 0 Å². The van der Waals surface area contributed by atoms with Crippen LogP contribution in [0.5, 0.6) is 11.5 Å². The van der Waals surface area contributed by atoms with Crippen molar-refractivity contribution in [1.29, 1.82) is 0 Å². The summed E-state index contributed by atoms with van der Waals surface area (Å²) >= 11 is 0. The van der Waals surface area contributed by atoms with Gasteiger partial charge in [-0.05, 0) is 19.2 Å². The number of benzene rings is 1. The SMILES string of the molecule is CNCC1COc2cccc(O)c21. The molecule has 0 saturated heterocycles. The number of hydrogen-bond acceptors (Lipinski definition) is 3. The van der Waals surface area contributed by atoms with Gasteiger partial charge >= 0.3 is 0 Å². The summed E-state index contributed by atoms with van der Waals surface area (Å²) in [5.41, 5.74) is 0.942. The second kappa shape index (κ2) is 3.26. The minimum Gasteiger partial charge on any atom is -0.508 e. The molecule has 1 heterocycles. The lowest BCUT2D eigenvalue weighted by atomic mass is 10.0. The minimum absolute atomic E-state index is 0.279. The van der Waals surface area contributed by atoms with Crippen LogP contribution in [0.4, 0.5) is 0 Å². The quantitative estimate of drug-likeness (QED) is 0.714. The van der Waals surface area contributed by atoms with E-state index >= 15 is 0 Å². The van der Waals surface area contributed by atoms with Crippen LogP contribution in [0.15, 0.2) is 18.2 Å². The Kier molecular flexibility index (Phi) is 2.10. The van der Waals surface area contributed by atoms with Crippen molar-refractivity contribution in [2.75, 3.05) is 20.2 Å². The molecule has 3 heteroatoms. The second-order valence-corrected chi connectivity index (χ2v) is 3.25. The highest BCUT2D eigenvalue weighted by Gasteiger charge is 2.26. The molecule has 0 aliphatic carbocycles. The Labute approximate surface area is 77.3 Å². The summed E-state index contributed by atoms with van der Waals surface area (Å²) in [5, 5.41) is 12.7. The molecule has 2 rings (SSSR count). The number of ether oxygens (including phenoxy) is 1. The highest BCUT2D eigenvalue weighted by atomic mass is 16.5. The molecule has 0 spiro atoms. The summed E-state index contributed by atoms with van der Waals surface area (Å²) in [6, 6.07) is 5.40. The van der Waals surface area contributed by atoms with Gasteiger partial charge in [-0.3, -0.25) is 0 Å². The smallest absolute Gasteiger partial charge is 0.126 e. The molecule has 2 N–H and O–H groups in total. The van der Waals surface area contributed by atoms with Gasteiger partial charge in [-0.25, -0.2) is 0 Å². The Morgan fingerprint density at radius 3 is 3.23 bits per heavy atom. The summed E-state index contributed by atoms with van der Waals surface area (Å²) in [6.45, 7) is 1.50. The van der Waals surface area contributed by atoms with Gasteiger partial charge in [0.1, 0.15) is 11.5 Å². The maximum Gasteiger partial charge on any atom is 0.126 e. The number of phenols is 1. The maximum absolute atomic E-state index is 9.62. The first-order chi connectivity index (χ1) is 6.33. The number of hydrogen-bond donors (Lipinski definition) is 2. The zero-order valence-corrected chi connectivity index (χ0v) is 7.58. The lowest BCUT2D eigenvalue weighted by Crippen LogP contribution is -2.18. The van der Waals surface area contributed by atoms with Crippen molar-refractivity contribution in [3.63, 3.8) is 0 Å². The molecule has 0 saturated carbocycles. The molecule has 0 bridgehead atoms. The van der Waals surface area contributed by atoms with Crippen molar-refractivity contribution in [3.05, 3.63) is 23.8 Å². The Hall–Kier alpha value is -1.22. The van der Waals surface area contributed by atoms with Crippen LogP contribution in [-0.2, 0) is 0 Å². The van der Waals surface area contributed by atoms with E-state index in [-0.39, 0.29) is 5.92 Å². The average Bonchev–Trinajstić information content (AvgIpc) is 2.51. The van der Waals surface area contributed by atoms with Crippen LogP contribution in [0.25, 0.3) is 0 Å². The van der Waals surface area contributed by atoms with E-state index in [2.05, 4.69) is 5.32 Å². The van der Waals surface area contributed by atoms with Gasteiger partial charge in [-0.15, -0.1) is 0 Å². The first kappa shape index (κ1) is 8.38. The molecular formula is C10H13NO2. The molecule has 0 amide bonds. The van der Waals surface area contributed by atoms with E-state index in [0.29, 0.717) is 12.4 Å². The number of likely N-dealkylation sites (N-methyl/N-ethyl adjacent to an activating group) is 1. The lowest BCUT2D eigenvalue weighted by molar-refractivity contribution is 0.328. The normalized spacial score (nSPS) is 19.6. The molecule has 13 heavy (non-hydrogen) atoms. The number of nitrogens with one attached hydrogen (secondary N) is 1. The van der Waals surface area contributed by atoms with Crippen molar-refractivity contribution >= 4 is 0 Å². The van der Waals surface area contributed by atoms with Crippen LogP contribution in [0.1, 0.15) is 11.5 Å². The molecule has 1 aliphatic heterocycles. The molecule has 3 nitrogen and oxygen atoms in total. The highest BCUT2D eigenvalue weighted by Crippen LogP contribution is 2.39. The maximum atomic E-state index is 9.62. The zero-order valence-electron chi connectivity index (χ0n) is 7.58. The van der Waals surface area contributed by atoms with Crippen molar-refractivity contribution in [2.24, 2.45) is 0 Å². The monoisotopic (exact) mass is 179 g/mol. The Balaban J connectivity index is 2.34. The first-order valence-corrected chi connectivity index (χ1v) is 4.42. The molecule has 0 fully saturated rings. The molecule has 1 aliphatic rings. The molecule has 1 aromatic carbocycles. The van der Waals surface area contributed by atoms with Gasteiger partial charge < -0.3 is 15.2 Å². The fourth-order valence-corrected chi connectivity index (χ4v) is 1.75. The number of aromatic hydroxyl groups is 1. The van der Waals surface area contributed by atoms with Gasteiger partial charge in [0.05, 0.1) is 6.61 Å². The topological polar surface area (TPSA) is 41.5 Å². The molecule has 1 atom stereocenters. The van der Waals surface area contributed by atoms with Crippen molar-refractivity contribution in [2.45, 2.75) is 5.92 Å². The third-order valence-electron chi connectivity index (χ3n) is 2.34. The largest absolute Gasteiger partial charge is 0.508 e. The fourth-order valence-electron chi connectivity index (χ4n) is 1.75. The van der Waals surface area contributed by atoms with Gasteiger partial charge in [0.2, 0.25) is 0 Å². The van der Waals surface area contributed by atoms with E-state index in [0.717, 1.165) is 17.9 Å². The van der Waals surface area contributed by atoms with Gasteiger partial charge in [-0.1, -0.05) is 6.07 Å². The van der Waals surface area contributed by atoms with Crippen molar-refractivity contribution < 1.29 is 9.84 Å². The molecule has 1 aromatic rings. The van der Waals surface area contributed by atoms with Crippen LogP contribution in [0, 0.1) is 0 Å². The van der Waals surface area contributed by atoms with E-state index in [1.807, 2.05) is 13.1 Å². The third-order valence-corrected chi connectivity index (χ3v) is 2.34. The van der Waals surface area contributed by atoms with Crippen LogP contribution < -0.4 is 10.1 Å². The van der Waals surface area contributed by atoms with Crippen molar-refractivity contribution in [3.8, 4) is 11.5 Å². The third kappa shape index (κ3) is 1.35. The van der Waals surface area contributed by atoms with E-state index in [4.69, 9.17) is 4.74 Å². The van der Waals surface area contributed by atoms with Crippen molar-refractivity contribution in [1.82, 2.24) is 5.32 Å². The minimum atomic E-state index is 0.279. The summed E-state index contributed by atoms with van der Waals surface area (Å²) in [6.07, 6.45) is 0. The van der Waals surface area contributed by atoms with Crippen LogP contribution >= 0.6 is 0 Å². The Morgan fingerprint density at radius 2 is 2.46 bits per heavy atom. The van der Waals surface area contributed by atoms with Gasteiger partial charge in [0.15, 0.2) is 0 Å². The molecule has 0 radical (unpaired) electrons. The average molecular weight is 179 g/mol. The van der Waals surface area contributed by atoms with Crippen LogP contribution in [0.3, 0.4) is 0 Å². The van der Waals surface area contributed by atoms with Gasteiger partial charge in [0, 0.05) is 18.0 Å². The summed E-state index contributed by atoms with van der Waals surface area (Å²) in [7, 11) is 1.90. The zero-order chi connectivity index (χ0) is 9.26. The molecular weight excluding hydrogens is 166 g/mol. The summed E-state index contributed by atoms with van der Waals surface area (Å²) in [5.74, 6) is 1.44. The number of fused-ring (bicyclic) bond motifs is 1. The first-order valence-electron chi connectivity index (χ1n) is 4.42. The van der Waals surface area contributed by atoms with E-state index in [1.54, 1.807) is 12.1 Å². The lowest BCUT2D eigenvalue weighted by Gasteiger charge is -2.08. The molecule has 70 valence electrons.